The summed E-state index contributed by atoms with van der Waals surface area (Å²) in [5.41, 5.74) is 1.20. The van der Waals surface area contributed by atoms with Crippen molar-refractivity contribution in [3.63, 3.8) is 0 Å². The van der Waals surface area contributed by atoms with Gasteiger partial charge < -0.3 is 20.2 Å². The lowest BCUT2D eigenvalue weighted by atomic mass is 9.93. The quantitative estimate of drug-likeness (QED) is 0.790. The molecular weight excluding hydrogens is 294 g/mol. The van der Waals surface area contributed by atoms with Gasteiger partial charge in [-0.05, 0) is 43.9 Å². The lowest BCUT2D eigenvalue weighted by Crippen LogP contribution is -2.45. The van der Waals surface area contributed by atoms with E-state index in [2.05, 4.69) is 15.6 Å². The SMILES string of the molecule is CC(C)C(C)(O)CNC(=O)Nc1ccc2oc(C3CC3)nc2c1. The van der Waals surface area contributed by atoms with Crippen LogP contribution in [0.15, 0.2) is 22.6 Å². The molecule has 0 radical (unpaired) electrons. The van der Waals surface area contributed by atoms with Gasteiger partial charge in [0.25, 0.3) is 0 Å². The predicted octanol–water partition coefficient (Wildman–Crippen LogP) is 3.23. The van der Waals surface area contributed by atoms with Crippen LogP contribution in [0.25, 0.3) is 11.1 Å². The minimum absolute atomic E-state index is 0.0510. The zero-order valence-electron chi connectivity index (χ0n) is 13.7. The summed E-state index contributed by atoms with van der Waals surface area (Å²) in [5, 5.41) is 15.6. The molecular formula is C17H23N3O3. The molecule has 1 saturated carbocycles. The summed E-state index contributed by atoms with van der Waals surface area (Å²) in [6, 6.07) is 5.04. The summed E-state index contributed by atoms with van der Waals surface area (Å²) in [6.07, 6.45) is 2.27. The molecule has 1 aliphatic carbocycles. The summed E-state index contributed by atoms with van der Waals surface area (Å²) < 4.78 is 5.70. The molecule has 2 amide bonds. The third kappa shape index (κ3) is 3.64. The highest BCUT2D eigenvalue weighted by Crippen LogP contribution is 2.40. The van der Waals surface area contributed by atoms with Crippen LogP contribution in [0.4, 0.5) is 10.5 Å². The van der Waals surface area contributed by atoms with Crippen molar-refractivity contribution in [2.24, 2.45) is 5.92 Å². The average molecular weight is 317 g/mol. The van der Waals surface area contributed by atoms with E-state index in [9.17, 15) is 9.90 Å². The average Bonchev–Trinajstić information content (AvgIpc) is 3.25. The number of benzene rings is 1. The van der Waals surface area contributed by atoms with Gasteiger partial charge in [-0.15, -0.1) is 0 Å². The van der Waals surface area contributed by atoms with Crippen molar-refractivity contribution in [3.05, 3.63) is 24.1 Å². The summed E-state index contributed by atoms with van der Waals surface area (Å²) in [7, 11) is 0. The Kier molecular flexibility index (Phi) is 4.02. The van der Waals surface area contributed by atoms with Gasteiger partial charge in [0.05, 0.1) is 5.60 Å². The van der Waals surface area contributed by atoms with Crippen molar-refractivity contribution in [1.82, 2.24) is 10.3 Å². The van der Waals surface area contributed by atoms with Gasteiger partial charge in [0.15, 0.2) is 11.5 Å². The predicted molar refractivity (Wildman–Crippen MR) is 88.5 cm³/mol. The van der Waals surface area contributed by atoms with E-state index in [1.165, 1.54) is 0 Å². The zero-order valence-corrected chi connectivity index (χ0v) is 13.7. The number of aromatic nitrogens is 1. The number of anilines is 1. The number of nitrogens with one attached hydrogen (secondary N) is 2. The van der Waals surface area contributed by atoms with E-state index in [4.69, 9.17) is 4.42 Å². The fraction of sp³-hybridized carbons (Fsp3) is 0.529. The van der Waals surface area contributed by atoms with Crippen LogP contribution in [0.1, 0.15) is 45.4 Å². The minimum Gasteiger partial charge on any atom is -0.440 e. The smallest absolute Gasteiger partial charge is 0.319 e. The number of amides is 2. The first kappa shape index (κ1) is 15.8. The number of rotatable bonds is 5. The molecule has 2 aromatic rings. The zero-order chi connectivity index (χ0) is 16.6. The maximum absolute atomic E-state index is 12.0. The molecule has 6 heteroatoms. The molecule has 1 aromatic carbocycles. The molecule has 0 spiro atoms. The van der Waals surface area contributed by atoms with Crippen molar-refractivity contribution in [3.8, 4) is 0 Å². The number of oxazole rings is 1. The van der Waals surface area contributed by atoms with Crippen LogP contribution in [0.5, 0.6) is 0 Å². The van der Waals surface area contributed by atoms with Crippen LogP contribution in [-0.2, 0) is 0 Å². The third-order valence-corrected chi connectivity index (χ3v) is 4.44. The van der Waals surface area contributed by atoms with E-state index in [-0.39, 0.29) is 18.5 Å². The monoisotopic (exact) mass is 317 g/mol. The van der Waals surface area contributed by atoms with E-state index in [0.717, 1.165) is 29.8 Å². The Morgan fingerprint density at radius 1 is 1.48 bits per heavy atom. The topological polar surface area (TPSA) is 87.4 Å². The Morgan fingerprint density at radius 3 is 2.87 bits per heavy atom. The number of hydrogen-bond donors (Lipinski definition) is 3. The van der Waals surface area contributed by atoms with Crippen LogP contribution >= 0.6 is 0 Å². The first-order valence-electron chi connectivity index (χ1n) is 8.03. The fourth-order valence-corrected chi connectivity index (χ4v) is 2.17. The molecule has 6 nitrogen and oxygen atoms in total. The number of fused-ring (bicyclic) bond motifs is 1. The second-order valence-corrected chi connectivity index (χ2v) is 6.83. The lowest BCUT2D eigenvalue weighted by molar-refractivity contribution is 0.0170. The lowest BCUT2D eigenvalue weighted by Gasteiger charge is -2.27. The molecule has 124 valence electrons. The van der Waals surface area contributed by atoms with Gasteiger partial charge in [-0.25, -0.2) is 9.78 Å². The molecule has 0 saturated heterocycles. The number of nitrogens with zero attached hydrogens (tertiary/aromatic N) is 1. The molecule has 1 aromatic heterocycles. The molecule has 1 atom stereocenters. The Balaban J connectivity index is 1.63. The van der Waals surface area contributed by atoms with Crippen molar-refractivity contribution >= 4 is 22.8 Å². The van der Waals surface area contributed by atoms with Gasteiger partial charge in [-0.3, -0.25) is 0 Å². The van der Waals surface area contributed by atoms with Crippen LogP contribution in [0, 0.1) is 5.92 Å². The minimum atomic E-state index is -0.938. The Labute approximate surface area is 135 Å². The van der Waals surface area contributed by atoms with E-state index >= 15 is 0 Å². The number of carbonyl (C=O) groups excluding carboxylic acids is 1. The highest BCUT2D eigenvalue weighted by atomic mass is 16.3. The van der Waals surface area contributed by atoms with Crippen molar-refractivity contribution in [1.29, 1.82) is 0 Å². The Hall–Kier alpha value is -2.08. The summed E-state index contributed by atoms with van der Waals surface area (Å²) >= 11 is 0. The highest BCUT2D eigenvalue weighted by molar-refractivity contribution is 5.91. The standard InChI is InChI=1S/C17H23N3O3/c1-10(2)17(3,22)9-18-16(21)19-12-6-7-14-13(8-12)20-15(23-14)11-4-5-11/h6-8,10-11,22H,4-5,9H2,1-3H3,(H2,18,19,21). The normalized spacial score (nSPS) is 17.3. The van der Waals surface area contributed by atoms with E-state index in [1.54, 1.807) is 19.1 Å². The van der Waals surface area contributed by atoms with Crippen LogP contribution in [-0.4, -0.2) is 28.3 Å². The second-order valence-electron chi connectivity index (χ2n) is 6.83. The molecule has 1 fully saturated rings. The van der Waals surface area contributed by atoms with Crippen LogP contribution in [0.2, 0.25) is 0 Å². The van der Waals surface area contributed by atoms with Crippen molar-refractivity contribution < 1.29 is 14.3 Å². The van der Waals surface area contributed by atoms with Gasteiger partial charge in [-0.2, -0.15) is 0 Å². The molecule has 1 unspecified atom stereocenters. The molecule has 0 bridgehead atoms. The second kappa shape index (κ2) is 5.85. The van der Waals surface area contributed by atoms with E-state index < -0.39 is 5.60 Å². The van der Waals surface area contributed by atoms with Gasteiger partial charge in [0.2, 0.25) is 0 Å². The maximum Gasteiger partial charge on any atom is 0.319 e. The molecule has 23 heavy (non-hydrogen) atoms. The first-order valence-corrected chi connectivity index (χ1v) is 8.03. The fourth-order valence-electron chi connectivity index (χ4n) is 2.17. The van der Waals surface area contributed by atoms with Crippen molar-refractivity contribution in [2.75, 3.05) is 11.9 Å². The molecule has 3 N–H and O–H groups in total. The number of urea groups is 1. The number of carbonyl (C=O) groups is 1. The maximum atomic E-state index is 12.0. The molecule has 1 aliphatic rings. The molecule has 3 rings (SSSR count). The van der Waals surface area contributed by atoms with E-state index in [0.29, 0.717) is 11.6 Å². The van der Waals surface area contributed by atoms with Crippen molar-refractivity contribution in [2.45, 2.75) is 45.1 Å². The van der Waals surface area contributed by atoms with Gasteiger partial charge in [0, 0.05) is 18.2 Å². The third-order valence-electron chi connectivity index (χ3n) is 4.44. The van der Waals surface area contributed by atoms with Gasteiger partial charge >= 0.3 is 6.03 Å². The Bertz CT molecular complexity index is 717. The largest absolute Gasteiger partial charge is 0.440 e. The highest BCUT2D eigenvalue weighted by Gasteiger charge is 2.29. The Morgan fingerprint density at radius 2 is 2.22 bits per heavy atom. The van der Waals surface area contributed by atoms with Crippen LogP contribution in [0.3, 0.4) is 0 Å². The van der Waals surface area contributed by atoms with Crippen LogP contribution < -0.4 is 10.6 Å². The number of hydrogen-bond acceptors (Lipinski definition) is 4. The first-order chi connectivity index (χ1) is 10.8. The van der Waals surface area contributed by atoms with E-state index in [1.807, 2.05) is 19.9 Å². The summed E-state index contributed by atoms with van der Waals surface area (Å²) in [4.78, 5) is 16.4. The van der Waals surface area contributed by atoms with Gasteiger partial charge in [0.1, 0.15) is 5.52 Å². The molecule has 1 heterocycles. The molecule has 0 aliphatic heterocycles. The number of aliphatic hydroxyl groups is 1. The summed E-state index contributed by atoms with van der Waals surface area (Å²) in [6.45, 7) is 5.72. The summed E-state index contributed by atoms with van der Waals surface area (Å²) in [5.74, 6) is 1.30. The van der Waals surface area contributed by atoms with Gasteiger partial charge in [-0.1, -0.05) is 13.8 Å².